The number of carbonyl (C=O) groups is 3. The van der Waals surface area contributed by atoms with Crippen molar-refractivity contribution in [3.8, 4) is 11.1 Å². The van der Waals surface area contributed by atoms with Crippen LogP contribution in [0.5, 0.6) is 0 Å². The first kappa shape index (κ1) is 24.2. The number of unbranched alkanes of at least 4 members (excludes halogenated alkanes) is 3. The number of nitrogens with one attached hydrogen (secondary N) is 2. The Balaban J connectivity index is 1.35. The van der Waals surface area contributed by atoms with Crippen LogP contribution in [0.4, 0.5) is 0 Å². The quantitative estimate of drug-likeness (QED) is 0.170. The molecular formula is C28H28N2O5. The van der Waals surface area contributed by atoms with E-state index in [9.17, 15) is 14.4 Å². The average Bonchev–Trinajstić information content (AvgIpc) is 3.25. The fourth-order valence-corrected chi connectivity index (χ4v) is 4.29. The van der Waals surface area contributed by atoms with Crippen LogP contribution >= 0.6 is 0 Å². The van der Waals surface area contributed by atoms with Crippen LogP contribution in [0.1, 0.15) is 70.1 Å². The number of fused-ring (bicyclic) bond motifs is 1. The Hall–Kier alpha value is -3.97. The number of cyclic esters (lactones) is 1. The van der Waals surface area contributed by atoms with E-state index < -0.39 is 6.10 Å². The van der Waals surface area contributed by atoms with Gasteiger partial charge in [0, 0.05) is 24.1 Å². The molecule has 1 aliphatic rings. The number of hydrogen-bond acceptors (Lipinski definition) is 5. The van der Waals surface area contributed by atoms with E-state index in [1.807, 2.05) is 60.7 Å². The Bertz CT molecular complexity index is 1190. The molecule has 0 spiro atoms. The van der Waals surface area contributed by atoms with E-state index in [-0.39, 0.29) is 17.8 Å². The summed E-state index contributed by atoms with van der Waals surface area (Å²) < 4.78 is 5.74. The van der Waals surface area contributed by atoms with Gasteiger partial charge < -0.3 is 10.1 Å². The van der Waals surface area contributed by atoms with Crippen LogP contribution in [0.2, 0.25) is 0 Å². The molecule has 1 atom stereocenters. The molecule has 0 aliphatic carbocycles. The normalized spacial score (nSPS) is 14.2. The van der Waals surface area contributed by atoms with Crippen molar-refractivity contribution in [2.24, 2.45) is 0 Å². The van der Waals surface area contributed by atoms with Gasteiger partial charge in [-0.25, -0.2) is 10.3 Å². The molecular weight excluding hydrogens is 444 g/mol. The Morgan fingerprint density at radius 1 is 0.857 bits per heavy atom. The van der Waals surface area contributed by atoms with Crippen molar-refractivity contribution >= 4 is 17.8 Å². The van der Waals surface area contributed by atoms with Gasteiger partial charge >= 0.3 is 5.97 Å². The molecule has 3 N–H and O–H groups in total. The fraction of sp³-hybridized carbons (Fsp3) is 0.250. The number of carbonyl (C=O) groups excluding carboxylic acids is 3. The van der Waals surface area contributed by atoms with Gasteiger partial charge in [-0.15, -0.1) is 0 Å². The Kier molecular flexibility index (Phi) is 7.90. The third-order valence-electron chi connectivity index (χ3n) is 6.11. The lowest BCUT2D eigenvalue weighted by Gasteiger charge is -2.12. The van der Waals surface area contributed by atoms with Crippen molar-refractivity contribution in [1.29, 1.82) is 0 Å². The van der Waals surface area contributed by atoms with Crippen molar-refractivity contribution in [3.63, 3.8) is 0 Å². The molecule has 0 bridgehead atoms. The SMILES string of the molecule is O=C(CCCCCCNC(=O)c1ccc(C2OC(=O)c3c(-c4ccccc4)cccc32)cc1)NO. The van der Waals surface area contributed by atoms with Gasteiger partial charge in [-0.05, 0) is 41.7 Å². The van der Waals surface area contributed by atoms with Crippen LogP contribution in [0.25, 0.3) is 11.1 Å². The first-order valence-electron chi connectivity index (χ1n) is 11.8. The maximum atomic E-state index is 12.8. The van der Waals surface area contributed by atoms with Crippen LogP contribution in [-0.2, 0) is 9.53 Å². The lowest BCUT2D eigenvalue weighted by molar-refractivity contribution is -0.129. The molecule has 1 unspecified atom stereocenters. The molecule has 1 aliphatic heterocycles. The number of hydrogen-bond donors (Lipinski definition) is 3. The van der Waals surface area contributed by atoms with E-state index in [4.69, 9.17) is 9.94 Å². The number of amides is 2. The van der Waals surface area contributed by atoms with Crippen LogP contribution in [-0.4, -0.2) is 29.5 Å². The van der Waals surface area contributed by atoms with Crippen LogP contribution in [0.15, 0.2) is 72.8 Å². The maximum Gasteiger partial charge on any atom is 0.340 e. The highest BCUT2D eigenvalue weighted by molar-refractivity contribution is 6.01. The first-order chi connectivity index (χ1) is 17.1. The zero-order valence-electron chi connectivity index (χ0n) is 19.3. The van der Waals surface area contributed by atoms with Crippen molar-refractivity contribution < 1.29 is 24.3 Å². The second kappa shape index (κ2) is 11.4. The standard InChI is InChI=1S/C28H28N2O5/c31-24(30-34)13-6-1-2-7-18-29-27(32)21-16-14-20(15-17-21)26-23-12-8-11-22(25(23)28(33)35-26)19-9-4-3-5-10-19/h3-5,8-12,14-17,26,34H,1-2,6-7,13,18H2,(H,29,32)(H,30,31). The summed E-state index contributed by atoms with van der Waals surface area (Å²) >= 11 is 0. The molecule has 180 valence electrons. The van der Waals surface area contributed by atoms with E-state index in [1.54, 1.807) is 17.6 Å². The molecule has 0 radical (unpaired) electrons. The molecule has 4 rings (SSSR count). The summed E-state index contributed by atoms with van der Waals surface area (Å²) in [6.45, 7) is 0.544. The first-order valence-corrected chi connectivity index (χ1v) is 11.8. The van der Waals surface area contributed by atoms with Gasteiger partial charge in [0.25, 0.3) is 5.91 Å². The monoisotopic (exact) mass is 472 g/mol. The van der Waals surface area contributed by atoms with Crippen molar-refractivity contribution in [1.82, 2.24) is 10.8 Å². The zero-order chi connectivity index (χ0) is 24.6. The van der Waals surface area contributed by atoms with Gasteiger partial charge in [0.2, 0.25) is 5.91 Å². The van der Waals surface area contributed by atoms with Gasteiger partial charge in [-0.1, -0.05) is 73.5 Å². The molecule has 0 aromatic heterocycles. The number of ether oxygens (including phenoxy) is 1. The minimum Gasteiger partial charge on any atom is -0.449 e. The Morgan fingerprint density at radius 2 is 1.60 bits per heavy atom. The minimum atomic E-state index is -0.508. The van der Waals surface area contributed by atoms with E-state index in [0.29, 0.717) is 30.5 Å². The molecule has 2 amide bonds. The molecule has 7 nitrogen and oxygen atoms in total. The zero-order valence-corrected chi connectivity index (χ0v) is 19.3. The number of benzene rings is 3. The van der Waals surface area contributed by atoms with Crippen molar-refractivity contribution in [3.05, 3.63) is 95.1 Å². The largest absolute Gasteiger partial charge is 0.449 e. The van der Waals surface area contributed by atoms with Crippen LogP contribution in [0, 0.1) is 0 Å². The average molecular weight is 473 g/mol. The summed E-state index contributed by atoms with van der Waals surface area (Å²) in [7, 11) is 0. The third kappa shape index (κ3) is 5.75. The van der Waals surface area contributed by atoms with Crippen LogP contribution in [0.3, 0.4) is 0 Å². The number of rotatable bonds is 10. The van der Waals surface area contributed by atoms with Gasteiger partial charge in [0.1, 0.15) is 0 Å². The van der Waals surface area contributed by atoms with E-state index in [0.717, 1.165) is 41.5 Å². The molecule has 0 saturated heterocycles. The highest BCUT2D eigenvalue weighted by Crippen LogP contribution is 2.40. The summed E-state index contributed by atoms with van der Waals surface area (Å²) in [6, 6.07) is 22.7. The van der Waals surface area contributed by atoms with Gasteiger partial charge in [-0.2, -0.15) is 0 Å². The van der Waals surface area contributed by atoms with E-state index in [2.05, 4.69) is 5.32 Å². The predicted octanol–water partition coefficient (Wildman–Crippen LogP) is 4.80. The highest BCUT2D eigenvalue weighted by Gasteiger charge is 2.34. The molecule has 0 fully saturated rings. The molecule has 7 heteroatoms. The summed E-state index contributed by atoms with van der Waals surface area (Å²) in [5.41, 5.74) is 6.19. The minimum absolute atomic E-state index is 0.161. The topological polar surface area (TPSA) is 105 Å². The number of hydroxylamine groups is 1. The smallest absolute Gasteiger partial charge is 0.340 e. The molecule has 3 aromatic rings. The van der Waals surface area contributed by atoms with Crippen molar-refractivity contribution in [2.45, 2.75) is 38.2 Å². The second-order valence-corrected chi connectivity index (χ2v) is 8.50. The second-order valence-electron chi connectivity index (χ2n) is 8.50. The lowest BCUT2D eigenvalue weighted by atomic mass is 9.92. The van der Waals surface area contributed by atoms with Gasteiger partial charge in [0.05, 0.1) is 5.56 Å². The Labute approximate surface area is 204 Å². The van der Waals surface area contributed by atoms with Gasteiger partial charge in [-0.3, -0.25) is 14.8 Å². The maximum absolute atomic E-state index is 12.8. The molecule has 1 heterocycles. The highest BCUT2D eigenvalue weighted by atomic mass is 16.5. The molecule has 3 aromatic carbocycles. The van der Waals surface area contributed by atoms with Crippen molar-refractivity contribution in [2.75, 3.05) is 6.54 Å². The third-order valence-corrected chi connectivity index (χ3v) is 6.11. The Morgan fingerprint density at radius 3 is 2.34 bits per heavy atom. The summed E-state index contributed by atoms with van der Waals surface area (Å²) in [5.74, 6) is -0.885. The van der Waals surface area contributed by atoms with Crippen LogP contribution < -0.4 is 10.8 Å². The molecule has 0 saturated carbocycles. The number of esters is 1. The van der Waals surface area contributed by atoms with E-state index >= 15 is 0 Å². The summed E-state index contributed by atoms with van der Waals surface area (Å²) in [5, 5.41) is 11.4. The molecule has 35 heavy (non-hydrogen) atoms. The predicted molar refractivity (Wildman–Crippen MR) is 131 cm³/mol. The fourth-order valence-electron chi connectivity index (χ4n) is 4.29. The van der Waals surface area contributed by atoms with E-state index in [1.165, 1.54) is 0 Å². The summed E-state index contributed by atoms with van der Waals surface area (Å²) in [4.78, 5) is 36.2. The summed E-state index contributed by atoms with van der Waals surface area (Å²) in [6.07, 6.45) is 3.03. The van der Waals surface area contributed by atoms with Gasteiger partial charge in [0.15, 0.2) is 6.10 Å². The lowest BCUT2D eigenvalue weighted by Crippen LogP contribution is -2.24.